The number of amides is 2. The van der Waals surface area contributed by atoms with Crippen molar-refractivity contribution >= 4 is 40.0 Å². The molecule has 0 unspecified atom stereocenters. The number of anilines is 1. The van der Waals surface area contributed by atoms with Gasteiger partial charge >= 0.3 is 0 Å². The Balaban J connectivity index is 1.61. The number of ether oxygens (including phenoxy) is 3. The van der Waals surface area contributed by atoms with E-state index in [-0.39, 0.29) is 11.7 Å². The highest BCUT2D eigenvalue weighted by Crippen LogP contribution is 2.39. The molecule has 1 aromatic carbocycles. The van der Waals surface area contributed by atoms with Gasteiger partial charge in [0.15, 0.2) is 15.8 Å². The summed E-state index contributed by atoms with van der Waals surface area (Å²) in [6, 6.07) is 6.75. The smallest absolute Gasteiger partial charge is 0.257 e. The third-order valence-corrected chi connectivity index (χ3v) is 6.14. The largest absolute Gasteiger partial charge is 0.490 e. The van der Waals surface area contributed by atoms with Crippen LogP contribution in [-0.4, -0.2) is 47.6 Å². The first-order valence-corrected chi connectivity index (χ1v) is 12.5. The first-order chi connectivity index (χ1) is 16.5. The van der Waals surface area contributed by atoms with Crippen LogP contribution in [0.1, 0.15) is 36.9 Å². The Bertz CT molecular complexity index is 1060. The van der Waals surface area contributed by atoms with Gasteiger partial charge in [0.05, 0.1) is 38.4 Å². The first-order valence-electron chi connectivity index (χ1n) is 10.7. The fraction of sp³-hybridized carbons (Fsp3) is 0.364. The fourth-order valence-electron chi connectivity index (χ4n) is 2.78. The highest BCUT2D eigenvalue weighted by Gasteiger charge is 2.19. The summed E-state index contributed by atoms with van der Waals surface area (Å²) < 4.78 is 22.7. The number of aromatic nitrogens is 2. The van der Waals surface area contributed by atoms with Crippen molar-refractivity contribution in [2.24, 2.45) is 0 Å². The zero-order valence-electron chi connectivity index (χ0n) is 19.1. The van der Waals surface area contributed by atoms with Crippen molar-refractivity contribution in [2.45, 2.75) is 31.7 Å². The number of nitrogens with zero attached hydrogens (tertiary/aromatic N) is 2. The molecule has 3 rings (SSSR count). The van der Waals surface area contributed by atoms with Crippen molar-refractivity contribution in [2.75, 3.05) is 30.9 Å². The molecule has 0 aliphatic carbocycles. The van der Waals surface area contributed by atoms with Crippen molar-refractivity contribution in [1.82, 2.24) is 15.5 Å². The lowest BCUT2D eigenvalue weighted by atomic mass is 10.1. The molecule has 2 N–H and O–H groups in total. The molecule has 0 aliphatic heterocycles. The van der Waals surface area contributed by atoms with Gasteiger partial charge in [-0.05, 0) is 45.0 Å². The van der Waals surface area contributed by atoms with Gasteiger partial charge in [-0.1, -0.05) is 23.1 Å². The van der Waals surface area contributed by atoms with Gasteiger partial charge in [-0.3, -0.25) is 14.9 Å². The normalized spacial score (nSPS) is 10.6. The monoisotopic (exact) mass is 506 g/mol. The number of thioether (sulfide) groups is 1. The Hall–Kier alpha value is -3.25. The molecule has 12 heteroatoms. The number of hydrogen-bond acceptors (Lipinski definition) is 10. The lowest BCUT2D eigenvalue weighted by molar-refractivity contribution is -0.118. The molecule has 182 valence electrons. The highest BCUT2D eigenvalue weighted by atomic mass is 32.2. The van der Waals surface area contributed by atoms with E-state index in [2.05, 4.69) is 20.8 Å². The van der Waals surface area contributed by atoms with Crippen LogP contribution in [0.3, 0.4) is 0 Å². The zero-order chi connectivity index (χ0) is 24.3. The molecule has 0 bridgehead atoms. The average Bonchev–Trinajstić information content (AvgIpc) is 3.50. The van der Waals surface area contributed by atoms with Crippen molar-refractivity contribution in [3.63, 3.8) is 0 Å². The first kappa shape index (κ1) is 25.4. The van der Waals surface area contributed by atoms with Gasteiger partial charge in [0, 0.05) is 5.56 Å². The molecule has 0 aliphatic rings. The number of carbonyl (C=O) groups excluding carboxylic acids is 2. The van der Waals surface area contributed by atoms with Crippen molar-refractivity contribution in [3.8, 4) is 17.2 Å². The molecule has 0 radical (unpaired) electrons. The second-order valence-corrected chi connectivity index (χ2v) is 8.77. The number of carbonyl (C=O) groups is 2. The maximum atomic E-state index is 12.9. The zero-order valence-corrected chi connectivity index (χ0v) is 20.7. The Morgan fingerprint density at radius 3 is 2.38 bits per heavy atom. The number of rotatable bonds is 13. The highest BCUT2D eigenvalue weighted by molar-refractivity contribution is 8.01. The van der Waals surface area contributed by atoms with Crippen molar-refractivity contribution in [1.29, 1.82) is 0 Å². The summed E-state index contributed by atoms with van der Waals surface area (Å²) in [7, 11) is 0. The van der Waals surface area contributed by atoms with Crippen LogP contribution in [0.15, 0.2) is 39.3 Å². The van der Waals surface area contributed by atoms with Crippen LogP contribution < -0.4 is 24.8 Å². The van der Waals surface area contributed by atoms with Gasteiger partial charge in [-0.15, -0.1) is 10.2 Å². The van der Waals surface area contributed by atoms with E-state index in [9.17, 15) is 9.59 Å². The van der Waals surface area contributed by atoms with Crippen LogP contribution in [-0.2, 0) is 11.3 Å². The minimum atomic E-state index is -0.395. The summed E-state index contributed by atoms with van der Waals surface area (Å²) in [6.07, 6.45) is 1.55. The summed E-state index contributed by atoms with van der Waals surface area (Å²) in [4.78, 5) is 24.9. The molecule has 34 heavy (non-hydrogen) atoms. The minimum Gasteiger partial charge on any atom is -0.490 e. The molecule has 2 heterocycles. The van der Waals surface area contributed by atoms with Gasteiger partial charge in [0.2, 0.25) is 16.8 Å². The molecule has 0 fully saturated rings. The standard InChI is InChI=1S/C22H26N4O6S2/c1-4-29-16-10-14(11-17(30-5-2)19(16)31-6-3)20(28)24-21-25-26-22(34-21)33-13-18(27)23-12-15-8-7-9-32-15/h7-11H,4-6,12-13H2,1-3H3,(H,23,27)(H,24,25,28). The maximum absolute atomic E-state index is 12.9. The van der Waals surface area contributed by atoms with Crippen molar-refractivity contribution < 1.29 is 28.2 Å². The Labute approximate surface area is 205 Å². The van der Waals surface area contributed by atoms with Gasteiger partial charge in [-0.25, -0.2) is 0 Å². The summed E-state index contributed by atoms with van der Waals surface area (Å²) in [5.74, 6) is 1.59. The molecule has 0 spiro atoms. The van der Waals surface area contributed by atoms with E-state index in [0.717, 1.165) is 0 Å². The van der Waals surface area contributed by atoms with E-state index in [0.29, 0.717) is 64.4 Å². The predicted octanol–water partition coefficient (Wildman–Crippen LogP) is 3.99. The minimum absolute atomic E-state index is 0.163. The van der Waals surface area contributed by atoms with E-state index in [1.165, 1.54) is 23.1 Å². The molecule has 10 nitrogen and oxygen atoms in total. The van der Waals surface area contributed by atoms with E-state index in [1.807, 2.05) is 20.8 Å². The van der Waals surface area contributed by atoms with Crippen LogP contribution >= 0.6 is 23.1 Å². The third kappa shape index (κ3) is 7.12. The molecule has 3 aromatic rings. The molecular formula is C22H26N4O6S2. The Kier molecular flexibility index (Phi) is 9.59. The van der Waals surface area contributed by atoms with Crippen LogP contribution in [0, 0.1) is 0 Å². The number of benzene rings is 1. The van der Waals surface area contributed by atoms with Crippen molar-refractivity contribution in [3.05, 3.63) is 41.9 Å². The fourth-order valence-corrected chi connectivity index (χ4v) is 4.36. The van der Waals surface area contributed by atoms with Crippen LogP contribution in [0.4, 0.5) is 5.13 Å². The molecule has 0 saturated carbocycles. The number of hydrogen-bond donors (Lipinski definition) is 2. The van der Waals surface area contributed by atoms with E-state index in [4.69, 9.17) is 18.6 Å². The number of furan rings is 1. The summed E-state index contributed by atoms with van der Waals surface area (Å²) in [5.41, 5.74) is 0.331. The van der Waals surface area contributed by atoms with Gasteiger partial charge < -0.3 is 23.9 Å². The van der Waals surface area contributed by atoms with E-state index >= 15 is 0 Å². The van der Waals surface area contributed by atoms with E-state index < -0.39 is 5.91 Å². The molecular weight excluding hydrogens is 480 g/mol. The van der Waals surface area contributed by atoms with Gasteiger partial charge in [0.25, 0.3) is 5.91 Å². The van der Waals surface area contributed by atoms with Gasteiger partial charge in [-0.2, -0.15) is 0 Å². The summed E-state index contributed by atoms with van der Waals surface area (Å²) in [6.45, 7) is 7.11. The van der Waals surface area contributed by atoms with Crippen LogP contribution in [0.5, 0.6) is 17.2 Å². The SMILES string of the molecule is CCOc1cc(C(=O)Nc2nnc(SCC(=O)NCc3ccco3)s2)cc(OCC)c1OCC. The maximum Gasteiger partial charge on any atom is 0.257 e. The molecule has 2 aromatic heterocycles. The second-order valence-electron chi connectivity index (χ2n) is 6.57. The predicted molar refractivity (Wildman–Crippen MR) is 129 cm³/mol. The molecule has 0 atom stereocenters. The van der Waals surface area contributed by atoms with Crippen LogP contribution in [0.2, 0.25) is 0 Å². The third-order valence-electron chi connectivity index (χ3n) is 4.16. The van der Waals surface area contributed by atoms with E-state index in [1.54, 1.807) is 30.5 Å². The quantitative estimate of drug-likeness (QED) is 0.261. The Morgan fingerprint density at radius 2 is 1.76 bits per heavy atom. The molecule has 0 saturated heterocycles. The number of nitrogens with one attached hydrogen (secondary N) is 2. The lowest BCUT2D eigenvalue weighted by Gasteiger charge is -2.16. The summed E-state index contributed by atoms with van der Waals surface area (Å²) in [5, 5.41) is 13.8. The second kappa shape index (κ2) is 12.8. The van der Waals surface area contributed by atoms with Gasteiger partial charge in [0.1, 0.15) is 5.76 Å². The van der Waals surface area contributed by atoms with Crippen LogP contribution in [0.25, 0.3) is 0 Å². The topological polar surface area (TPSA) is 125 Å². The molecule has 2 amide bonds. The Morgan fingerprint density at radius 1 is 1.06 bits per heavy atom. The lowest BCUT2D eigenvalue weighted by Crippen LogP contribution is -2.24. The average molecular weight is 507 g/mol. The summed E-state index contributed by atoms with van der Waals surface area (Å²) >= 11 is 2.41.